The van der Waals surface area contributed by atoms with Gasteiger partial charge >= 0.3 is 12.2 Å². The van der Waals surface area contributed by atoms with Crippen LogP contribution in [0.25, 0.3) is 0 Å². The van der Waals surface area contributed by atoms with Crippen molar-refractivity contribution >= 4 is 23.3 Å². The second-order valence-electron chi connectivity index (χ2n) is 7.15. The van der Waals surface area contributed by atoms with Crippen LogP contribution in [-0.4, -0.2) is 45.9 Å². The summed E-state index contributed by atoms with van der Waals surface area (Å²) in [5, 5.41) is 2.50. The number of aromatic nitrogens is 2. The second kappa shape index (κ2) is 8.25. The predicted molar refractivity (Wildman–Crippen MR) is 100 cm³/mol. The molecule has 0 radical (unpaired) electrons. The first-order chi connectivity index (χ1) is 14.1. The Morgan fingerprint density at radius 2 is 2.00 bits per heavy atom. The SMILES string of the molecule is CC(C)[C@H]1CN(c2ccc(C(F)(F)F)nc2)C(=O)N1CC(=O)Nc1ccnc(F)c1. The van der Waals surface area contributed by atoms with Crippen LogP contribution in [0.5, 0.6) is 0 Å². The lowest BCUT2D eigenvalue weighted by molar-refractivity contribution is -0.141. The fourth-order valence-corrected chi connectivity index (χ4v) is 3.18. The van der Waals surface area contributed by atoms with Crippen molar-refractivity contribution in [1.82, 2.24) is 14.9 Å². The van der Waals surface area contributed by atoms with Gasteiger partial charge in [0.15, 0.2) is 0 Å². The minimum Gasteiger partial charge on any atom is -0.324 e. The van der Waals surface area contributed by atoms with Crippen molar-refractivity contribution in [3.05, 3.63) is 48.3 Å². The van der Waals surface area contributed by atoms with Gasteiger partial charge in [-0.2, -0.15) is 17.6 Å². The Hall–Kier alpha value is -3.24. The number of pyridine rings is 2. The van der Waals surface area contributed by atoms with Crippen molar-refractivity contribution in [2.75, 3.05) is 23.3 Å². The Morgan fingerprint density at radius 3 is 2.57 bits per heavy atom. The van der Waals surface area contributed by atoms with Crippen LogP contribution in [0.4, 0.5) is 33.7 Å². The van der Waals surface area contributed by atoms with E-state index >= 15 is 0 Å². The standard InChI is InChI=1S/C19H19F4N5O2/c1-11(2)14-9-27(13-3-4-15(25-8-13)19(21,22)23)18(30)28(14)10-17(29)26-12-5-6-24-16(20)7-12/h3-8,11,14H,9-10H2,1-2H3,(H,24,26,29)/t14-/m1/s1. The van der Waals surface area contributed by atoms with Crippen LogP contribution in [0.15, 0.2) is 36.7 Å². The number of hydrogen-bond donors (Lipinski definition) is 1. The molecule has 0 aromatic carbocycles. The van der Waals surface area contributed by atoms with Gasteiger partial charge in [0.05, 0.1) is 17.9 Å². The van der Waals surface area contributed by atoms with E-state index in [4.69, 9.17) is 0 Å². The normalized spacial score (nSPS) is 17.0. The molecule has 0 bridgehead atoms. The number of halogens is 4. The molecule has 1 fully saturated rings. The molecule has 0 aliphatic carbocycles. The van der Waals surface area contributed by atoms with Crippen molar-refractivity contribution in [1.29, 1.82) is 0 Å². The highest BCUT2D eigenvalue weighted by molar-refractivity contribution is 5.99. The third-order valence-corrected chi connectivity index (χ3v) is 4.69. The number of carbonyl (C=O) groups excluding carboxylic acids is 2. The fraction of sp³-hybridized carbons (Fsp3) is 0.368. The first-order valence-corrected chi connectivity index (χ1v) is 9.09. The number of hydrogen-bond acceptors (Lipinski definition) is 4. The van der Waals surface area contributed by atoms with Crippen LogP contribution in [0.1, 0.15) is 19.5 Å². The third kappa shape index (κ3) is 4.66. The molecule has 2 aromatic heterocycles. The maximum Gasteiger partial charge on any atom is 0.433 e. The highest BCUT2D eigenvalue weighted by Gasteiger charge is 2.41. The van der Waals surface area contributed by atoms with Crippen LogP contribution < -0.4 is 10.2 Å². The summed E-state index contributed by atoms with van der Waals surface area (Å²) < 4.78 is 51.4. The zero-order chi connectivity index (χ0) is 22.1. The number of amides is 3. The molecule has 0 spiro atoms. The highest BCUT2D eigenvalue weighted by atomic mass is 19.4. The number of nitrogens with zero attached hydrogens (tertiary/aromatic N) is 4. The lowest BCUT2D eigenvalue weighted by atomic mass is 10.0. The maximum atomic E-state index is 13.2. The topological polar surface area (TPSA) is 78.4 Å². The van der Waals surface area contributed by atoms with Gasteiger partial charge in [-0.3, -0.25) is 9.69 Å². The molecular formula is C19H19F4N5O2. The van der Waals surface area contributed by atoms with Gasteiger partial charge in [-0.15, -0.1) is 0 Å². The van der Waals surface area contributed by atoms with Crippen LogP contribution in [0, 0.1) is 11.9 Å². The van der Waals surface area contributed by atoms with Gasteiger partial charge in [0.1, 0.15) is 12.2 Å². The smallest absolute Gasteiger partial charge is 0.324 e. The van der Waals surface area contributed by atoms with E-state index in [1.807, 2.05) is 13.8 Å². The van der Waals surface area contributed by atoms with E-state index in [1.165, 1.54) is 28.1 Å². The number of rotatable bonds is 5. The largest absolute Gasteiger partial charge is 0.433 e. The number of nitrogens with one attached hydrogen (secondary N) is 1. The quantitative estimate of drug-likeness (QED) is 0.587. The third-order valence-electron chi connectivity index (χ3n) is 4.69. The Labute approximate surface area is 169 Å². The van der Waals surface area contributed by atoms with Gasteiger partial charge in [0, 0.05) is 24.5 Å². The Balaban J connectivity index is 1.75. The van der Waals surface area contributed by atoms with Gasteiger partial charge in [-0.05, 0) is 24.1 Å². The molecule has 1 atom stereocenters. The van der Waals surface area contributed by atoms with Crippen LogP contribution in [-0.2, 0) is 11.0 Å². The van der Waals surface area contributed by atoms with Crippen molar-refractivity contribution in [2.45, 2.75) is 26.1 Å². The Bertz CT molecular complexity index is 933. The molecule has 11 heteroatoms. The molecule has 3 rings (SSSR count). The van der Waals surface area contributed by atoms with Gasteiger partial charge in [-0.1, -0.05) is 13.8 Å². The lowest BCUT2D eigenvalue weighted by Gasteiger charge is -2.25. The summed E-state index contributed by atoms with van der Waals surface area (Å²) in [7, 11) is 0. The minimum absolute atomic E-state index is 0.0208. The lowest BCUT2D eigenvalue weighted by Crippen LogP contribution is -2.42. The summed E-state index contributed by atoms with van der Waals surface area (Å²) in [5.74, 6) is -1.31. The zero-order valence-corrected chi connectivity index (χ0v) is 16.2. The summed E-state index contributed by atoms with van der Waals surface area (Å²) in [5.41, 5.74) is -0.652. The Morgan fingerprint density at radius 1 is 1.27 bits per heavy atom. The predicted octanol–water partition coefficient (Wildman–Crippen LogP) is 3.54. The van der Waals surface area contributed by atoms with Crippen molar-refractivity contribution < 1.29 is 27.2 Å². The molecule has 3 amide bonds. The van der Waals surface area contributed by atoms with Crippen LogP contribution in [0.2, 0.25) is 0 Å². The van der Waals surface area contributed by atoms with E-state index in [-0.39, 0.29) is 36.4 Å². The molecule has 2 aromatic rings. The average molecular weight is 425 g/mol. The molecule has 1 N–H and O–H groups in total. The number of urea groups is 1. The van der Waals surface area contributed by atoms with Crippen molar-refractivity contribution in [2.24, 2.45) is 5.92 Å². The molecule has 3 heterocycles. The van der Waals surface area contributed by atoms with E-state index in [0.29, 0.717) is 0 Å². The Kier molecular flexibility index (Phi) is 5.90. The van der Waals surface area contributed by atoms with Crippen LogP contribution >= 0.6 is 0 Å². The van der Waals surface area contributed by atoms with E-state index in [1.54, 1.807) is 0 Å². The van der Waals surface area contributed by atoms with Crippen molar-refractivity contribution in [3.8, 4) is 0 Å². The maximum absolute atomic E-state index is 13.2. The average Bonchev–Trinajstić information content (AvgIpc) is 2.98. The molecule has 30 heavy (non-hydrogen) atoms. The number of alkyl halides is 3. The van der Waals surface area contributed by atoms with E-state index in [9.17, 15) is 27.2 Å². The number of anilines is 2. The fourth-order valence-electron chi connectivity index (χ4n) is 3.18. The number of carbonyl (C=O) groups is 2. The molecule has 0 saturated carbocycles. The molecule has 1 saturated heterocycles. The van der Waals surface area contributed by atoms with Gasteiger partial charge < -0.3 is 10.2 Å². The van der Waals surface area contributed by atoms with E-state index in [2.05, 4.69) is 15.3 Å². The summed E-state index contributed by atoms with van der Waals surface area (Å²) >= 11 is 0. The first kappa shape index (κ1) is 21.5. The molecule has 160 valence electrons. The minimum atomic E-state index is -4.58. The molecule has 1 aliphatic rings. The highest BCUT2D eigenvalue weighted by Crippen LogP contribution is 2.31. The van der Waals surface area contributed by atoms with Gasteiger partial charge in [0.25, 0.3) is 0 Å². The molecular weight excluding hydrogens is 406 g/mol. The summed E-state index contributed by atoms with van der Waals surface area (Å²) in [6.07, 6.45) is -2.39. The molecule has 1 aliphatic heterocycles. The van der Waals surface area contributed by atoms with E-state index in [0.717, 1.165) is 18.3 Å². The first-order valence-electron chi connectivity index (χ1n) is 9.09. The van der Waals surface area contributed by atoms with Gasteiger partial charge in [-0.25, -0.2) is 14.8 Å². The zero-order valence-electron chi connectivity index (χ0n) is 16.2. The summed E-state index contributed by atoms with van der Waals surface area (Å²) in [6, 6.07) is 3.57. The monoisotopic (exact) mass is 425 g/mol. The molecule has 0 unspecified atom stereocenters. The summed E-state index contributed by atoms with van der Waals surface area (Å²) in [6.45, 7) is 3.64. The second-order valence-corrected chi connectivity index (χ2v) is 7.15. The summed E-state index contributed by atoms with van der Waals surface area (Å²) in [4.78, 5) is 34.7. The van der Waals surface area contributed by atoms with Gasteiger partial charge in [0.2, 0.25) is 11.9 Å². The van der Waals surface area contributed by atoms with E-state index < -0.39 is 29.8 Å². The van der Waals surface area contributed by atoms with Crippen molar-refractivity contribution in [3.63, 3.8) is 0 Å². The van der Waals surface area contributed by atoms with Crippen LogP contribution in [0.3, 0.4) is 0 Å². The molecule has 7 nitrogen and oxygen atoms in total.